The van der Waals surface area contributed by atoms with Crippen LogP contribution in [0.15, 0.2) is 66.7 Å². The lowest BCUT2D eigenvalue weighted by atomic mass is 10.1. The maximum atomic E-state index is 12.5. The average molecular weight is 474 g/mol. The Morgan fingerprint density at radius 2 is 1.63 bits per heavy atom. The molecule has 0 fully saturated rings. The molecule has 35 heavy (non-hydrogen) atoms. The summed E-state index contributed by atoms with van der Waals surface area (Å²) in [4.78, 5) is 17.3. The number of hydrogen-bond donors (Lipinski definition) is 1. The standard InChI is InChI=1S/C28H31N3O4/c1-33-22-13-10-20(11-14-22)19-31-24-8-5-4-7-23(24)30-27(31)9-6-16-29-28(32)18-21-12-15-25(34-2)26(17-21)35-3/h4-5,7-8,10-15,17H,6,9,16,18-19H2,1-3H3,(H,29,32). The number of hydrogen-bond acceptors (Lipinski definition) is 5. The van der Waals surface area contributed by atoms with Crippen LogP contribution in [0.5, 0.6) is 17.2 Å². The number of methoxy groups -OCH3 is 3. The zero-order chi connectivity index (χ0) is 24.6. The van der Waals surface area contributed by atoms with Crippen molar-refractivity contribution in [3.8, 4) is 17.2 Å². The molecule has 1 aromatic heterocycles. The summed E-state index contributed by atoms with van der Waals surface area (Å²) in [6.07, 6.45) is 1.85. The molecular weight excluding hydrogens is 442 g/mol. The van der Waals surface area contributed by atoms with Crippen LogP contribution < -0.4 is 19.5 Å². The van der Waals surface area contributed by atoms with Gasteiger partial charge in [0.1, 0.15) is 11.6 Å². The summed E-state index contributed by atoms with van der Waals surface area (Å²) in [5.74, 6) is 3.09. The number of rotatable bonds is 11. The van der Waals surface area contributed by atoms with E-state index in [1.165, 1.54) is 5.56 Å². The molecule has 0 radical (unpaired) electrons. The van der Waals surface area contributed by atoms with E-state index in [0.717, 1.165) is 47.6 Å². The summed E-state index contributed by atoms with van der Waals surface area (Å²) >= 11 is 0. The maximum absolute atomic E-state index is 12.5. The van der Waals surface area contributed by atoms with Gasteiger partial charge in [-0.2, -0.15) is 0 Å². The predicted octanol–water partition coefficient (Wildman–Crippen LogP) is 4.40. The number of para-hydroxylation sites is 2. The van der Waals surface area contributed by atoms with Gasteiger partial charge in [-0.3, -0.25) is 4.79 Å². The first-order valence-corrected chi connectivity index (χ1v) is 11.7. The minimum absolute atomic E-state index is 0.0241. The highest BCUT2D eigenvalue weighted by molar-refractivity contribution is 5.79. The highest BCUT2D eigenvalue weighted by Gasteiger charge is 2.12. The van der Waals surface area contributed by atoms with Gasteiger partial charge in [0, 0.05) is 19.5 Å². The highest BCUT2D eigenvalue weighted by Crippen LogP contribution is 2.27. The molecule has 0 unspecified atom stereocenters. The average Bonchev–Trinajstić information content (AvgIpc) is 3.24. The molecule has 0 saturated carbocycles. The van der Waals surface area contributed by atoms with Crippen molar-refractivity contribution < 1.29 is 19.0 Å². The van der Waals surface area contributed by atoms with Crippen molar-refractivity contribution >= 4 is 16.9 Å². The number of ether oxygens (including phenoxy) is 3. The third kappa shape index (κ3) is 5.93. The zero-order valence-electron chi connectivity index (χ0n) is 20.4. The van der Waals surface area contributed by atoms with Crippen molar-refractivity contribution in [3.05, 3.63) is 83.7 Å². The van der Waals surface area contributed by atoms with Crippen LogP contribution >= 0.6 is 0 Å². The van der Waals surface area contributed by atoms with Crippen LogP contribution in [0.2, 0.25) is 0 Å². The van der Waals surface area contributed by atoms with Crippen LogP contribution in [-0.2, 0) is 24.2 Å². The maximum Gasteiger partial charge on any atom is 0.224 e. The smallest absolute Gasteiger partial charge is 0.224 e. The molecule has 1 heterocycles. The zero-order valence-corrected chi connectivity index (χ0v) is 20.4. The van der Waals surface area contributed by atoms with Gasteiger partial charge in [0.25, 0.3) is 0 Å². The Bertz CT molecular complexity index is 1280. The molecule has 0 spiro atoms. The minimum Gasteiger partial charge on any atom is -0.497 e. The Kier molecular flexibility index (Phi) is 7.88. The number of imidazole rings is 1. The number of carbonyl (C=O) groups excluding carboxylic acids is 1. The third-order valence-electron chi connectivity index (χ3n) is 5.95. The van der Waals surface area contributed by atoms with Crippen LogP contribution in [-0.4, -0.2) is 43.3 Å². The van der Waals surface area contributed by atoms with Gasteiger partial charge < -0.3 is 24.1 Å². The molecular formula is C28H31N3O4. The predicted molar refractivity (Wildman–Crippen MR) is 136 cm³/mol. The molecule has 0 aliphatic rings. The topological polar surface area (TPSA) is 74.6 Å². The minimum atomic E-state index is -0.0241. The number of aryl methyl sites for hydroxylation is 1. The van der Waals surface area contributed by atoms with Gasteiger partial charge in [-0.1, -0.05) is 30.3 Å². The first kappa shape index (κ1) is 24.1. The van der Waals surface area contributed by atoms with Crippen molar-refractivity contribution in [3.63, 3.8) is 0 Å². The van der Waals surface area contributed by atoms with E-state index in [-0.39, 0.29) is 12.3 Å². The third-order valence-corrected chi connectivity index (χ3v) is 5.95. The number of carbonyl (C=O) groups is 1. The van der Waals surface area contributed by atoms with Crippen molar-refractivity contribution in [2.75, 3.05) is 27.9 Å². The Morgan fingerprint density at radius 1 is 0.886 bits per heavy atom. The van der Waals surface area contributed by atoms with E-state index < -0.39 is 0 Å². The van der Waals surface area contributed by atoms with Crippen molar-refractivity contribution in [2.24, 2.45) is 0 Å². The van der Waals surface area contributed by atoms with Crippen molar-refractivity contribution in [2.45, 2.75) is 25.8 Å². The molecule has 0 aliphatic carbocycles. The van der Waals surface area contributed by atoms with Gasteiger partial charge in [0.15, 0.2) is 11.5 Å². The van der Waals surface area contributed by atoms with Gasteiger partial charge in [0.2, 0.25) is 5.91 Å². The largest absolute Gasteiger partial charge is 0.497 e. The van der Waals surface area contributed by atoms with E-state index in [0.29, 0.717) is 18.0 Å². The summed E-state index contributed by atoms with van der Waals surface area (Å²) in [5, 5.41) is 3.02. The van der Waals surface area contributed by atoms with Gasteiger partial charge in [-0.15, -0.1) is 0 Å². The summed E-state index contributed by atoms with van der Waals surface area (Å²) in [5.41, 5.74) is 4.14. The number of nitrogens with one attached hydrogen (secondary N) is 1. The second-order valence-electron chi connectivity index (χ2n) is 8.27. The first-order chi connectivity index (χ1) is 17.1. The summed E-state index contributed by atoms with van der Waals surface area (Å²) in [7, 11) is 4.85. The number of amides is 1. The molecule has 7 nitrogen and oxygen atoms in total. The Balaban J connectivity index is 1.36. The van der Waals surface area contributed by atoms with Crippen LogP contribution in [0.4, 0.5) is 0 Å². The van der Waals surface area contributed by atoms with Gasteiger partial charge in [-0.05, 0) is 53.9 Å². The number of benzene rings is 3. The first-order valence-electron chi connectivity index (χ1n) is 11.7. The molecule has 0 bridgehead atoms. The molecule has 1 N–H and O–H groups in total. The van der Waals surface area contributed by atoms with Crippen molar-refractivity contribution in [1.82, 2.24) is 14.9 Å². The Labute approximate surface area is 205 Å². The van der Waals surface area contributed by atoms with E-state index in [1.807, 2.05) is 48.5 Å². The van der Waals surface area contributed by atoms with Gasteiger partial charge in [0.05, 0.1) is 38.8 Å². The second kappa shape index (κ2) is 11.4. The fourth-order valence-electron chi connectivity index (χ4n) is 4.12. The Morgan fingerprint density at radius 3 is 2.37 bits per heavy atom. The molecule has 182 valence electrons. The van der Waals surface area contributed by atoms with Gasteiger partial charge in [-0.25, -0.2) is 4.98 Å². The lowest BCUT2D eigenvalue weighted by Gasteiger charge is -2.11. The molecule has 3 aromatic carbocycles. The molecule has 0 aliphatic heterocycles. The fraction of sp³-hybridized carbons (Fsp3) is 0.286. The van der Waals surface area contributed by atoms with Crippen LogP contribution in [0.25, 0.3) is 11.0 Å². The number of fused-ring (bicyclic) bond motifs is 1. The summed E-state index contributed by atoms with van der Waals surface area (Å²) in [6.45, 7) is 1.31. The van der Waals surface area contributed by atoms with E-state index in [9.17, 15) is 4.79 Å². The lowest BCUT2D eigenvalue weighted by molar-refractivity contribution is -0.120. The summed E-state index contributed by atoms with van der Waals surface area (Å²) < 4.78 is 18.1. The van der Waals surface area contributed by atoms with Crippen molar-refractivity contribution in [1.29, 1.82) is 0 Å². The number of aromatic nitrogens is 2. The molecule has 0 atom stereocenters. The molecule has 7 heteroatoms. The van der Waals surface area contributed by atoms with Crippen LogP contribution in [0.1, 0.15) is 23.4 Å². The number of nitrogens with zero attached hydrogens (tertiary/aromatic N) is 2. The lowest BCUT2D eigenvalue weighted by Crippen LogP contribution is -2.26. The van der Waals surface area contributed by atoms with Crippen LogP contribution in [0, 0.1) is 0 Å². The highest BCUT2D eigenvalue weighted by atomic mass is 16.5. The molecule has 1 amide bonds. The molecule has 4 rings (SSSR count). The van der Waals surface area contributed by atoms with E-state index >= 15 is 0 Å². The quantitative estimate of drug-likeness (QED) is 0.327. The fourth-order valence-corrected chi connectivity index (χ4v) is 4.12. The van der Waals surface area contributed by atoms with Crippen LogP contribution in [0.3, 0.4) is 0 Å². The SMILES string of the molecule is COc1ccc(Cn2c(CCCNC(=O)Cc3ccc(OC)c(OC)c3)nc3ccccc32)cc1. The van der Waals surface area contributed by atoms with E-state index in [4.69, 9.17) is 19.2 Å². The second-order valence-corrected chi connectivity index (χ2v) is 8.27. The van der Waals surface area contributed by atoms with Gasteiger partial charge >= 0.3 is 0 Å². The normalized spacial score (nSPS) is 10.8. The van der Waals surface area contributed by atoms with E-state index in [1.54, 1.807) is 21.3 Å². The molecule has 0 saturated heterocycles. The Hall–Kier alpha value is -4.00. The monoisotopic (exact) mass is 473 g/mol. The summed E-state index contributed by atoms with van der Waals surface area (Å²) in [6, 6.07) is 21.8. The van der Waals surface area contributed by atoms with E-state index in [2.05, 4.69) is 28.1 Å². The molecule has 4 aromatic rings.